The summed E-state index contributed by atoms with van der Waals surface area (Å²) in [6.45, 7) is 4.14. The molecule has 3 nitrogen and oxygen atoms in total. The van der Waals surface area contributed by atoms with Crippen LogP contribution in [0.4, 0.5) is 11.5 Å². The normalized spacial score (nSPS) is 10.9. The Morgan fingerprint density at radius 3 is 2.35 bits per heavy atom. The van der Waals surface area contributed by atoms with Gasteiger partial charge in [-0.15, -0.1) is 0 Å². The first-order valence-electron chi connectivity index (χ1n) is 6.59. The van der Waals surface area contributed by atoms with Gasteiger partial charge in [0.2, 0.25) is 0 Å². The van der Waals surface area contributed by atoms with Gasteiger partial charge in [-0.25, -0.2) is 4.98 Å². The van der Waals surface area contributed by atoms with Crippen LogP contribution in [-0.2, 0) is 0 Å². The molecule has 2 aromatic carbocycles. The van der Waals surface area contributed by atoms with Gasteiger partial charge in [0.15, 0.2) is 0 Å². The van der Waals surface area contributed by atoms with Crippen molar-refractivity contribution in [2.24, 2.45) is 0 Å². The van der Waals surface area contributed by atoms with Crippen molar-refractivity contribution in [2.45, 2.75) is 13.8 Å². The Morgan fingerprint density at radius 1 is 0.950 bits per heavy atom. The third-order valence-electron chi connectivity index (χ3n) is 3.65. The van der Waals surface area contributed by atoms with Crippen molar-refractivity contribution in [3.63, 3.8) is 0 Å². The maximum Gasteiger partial charge on any atom is 0.132 e. The molecule has 0 aliphatic heterocycles. The second-order valence-corrected chi connectivity index (χ2v) is 5.09. The maximum atomic E-state index is 6.17. The summed E-state index contributed by atoms with van der Waals surface area (Å²) in [5.41, 5.74) is 18.0. The molecule has 0 radical (unpaired) electrons. The van der Waals surface area contributed by atoms with E-state index >= 15 is 0 Å². The summed E-state index contributed by atoms with van der Waals surface area (Å²) in [5, 5.41) is 1.13. The van der Waals surface area contributed by atoms with Gasteiger partial charge in [0.25, 0.3) is 0 Å². The molecule has 3 heteroatoms. The van der Waals surface area contributed by atoms with Crippen LogP contribution in [0.1, 0.15) is 11.1 Å². The molecule has 1 aromatic heterocycles. The van der Waals surface area contributed by atoms with Crippen LogP contribution >= 0.6 is 0 Å². The van der Waals surface area contributed by atoms with E-state index in [0.717, 1.165) is 33.2 Å². The highest BCUT2D eigenvalue weighted by Crippen LogP contribution is 2.35. The van der Waals surface area contributed by atoms with E-state index < -0.39 is 0 Å². The summed E-state index contributed by atoms with van der Waals surface area (Å²) in [7, 11) is 0. The van der Waals surface area contributed by atoms with Gasteiger partial charge in [-0.1, -0.05) is 30.3 Å². The lowest BCUT2D eigenvalue weighted by atomic mass is 9.95. The number of aryl methyl sites for hydroxylation is 2. The van der Waals surface area contributed by atoms with Gasteiger partial charge in [0.05, 0.1) is 5.52 Å². The van der Waals surface area contributed by atoms with Crippen LogP contribution < -0.4 is 11.5 Å². The number of aromatic nitrogens is 1. The number of nitrogen functional groups attached to an aromatic ring is 2. The third-order valence-corrected chi connectivity index (χ3v) is 3.65. The Hall–Kier alpha value is -2.55. The third kappa shape index (κ3) is 1.88. The van der Waals surface area contributed by atoms with Gasteiger partial charge >= 0.3 is 0 Å². The van der Waals surface area contributed by atoms with Gasteiger partial charge in [-0.05, 0) is 42.7 Å². The predicted octanol–water partition coefficient (Wildman–Crippen LogP) is 3.68. The molecular weight excluding hydrogens is 246 g/mol. The van der Waals surface area contributed by atoms with Crippen LogP contribution in [0.2, 0.25) is 0 Å². The summed E-state index contributed by atoms with van der Waals surface area (Å²) < 4.78 is 0. The van der Waals surface area contributed by atoms with Crippen LogP contribution in [0.15, 0.2) is 42.5 Å². The van der Waals surface area contributed by atoms with Gasteiger partial charge in [-0.3, -0.25) is 0 Å². The SMILES string of the molecule is Cc1cc(N)cc2nc(N)c(-c3ccccc3)c(C)c12. The summed E-state index contributed by atoms with van der Waals surface area (Å²) >= 11 is 0. The minimum Gasteiger partial charge on any atom is -0.399 e. The highest BCUT2D eigenvalue weighted by Gasteiger charge is 2.13. The fourth-order valence-corrected chi connectivity index (χ4v) is 2.84. The molecule has 100 valence electrons. The first-order valence-corrected chi connectivity index (χ1v) is 6.59. The molecule has 0 aliphatic rings. The monoisotopic (exact) mass is 263 g/mol. The van der Waals surface area contributed by atoms with Crippen molar-refractivity contribution >= 4 is 22.4 Å². The average Bonchev–Trinajstić information content (AvgIpc) is 2.38. The number of rotatable bonds is 1. The number of pyridine rings is 1. The minimum atomic E-state index is 0.547. The standard InChI is InChI=1S/C17H17N3/c1-10-8-13(18)9-14-15(10)11(2)16(17(19)20-14)12-6-4-3-5-7-12/h3-9H,18H2,1-2H3,(H2,19,20). The Balaban J connectivity index is 2.41. The Bertz CT molecular complexity index is 792. The average molecular weight is 263 g/mol. The molecule has 20 heavy (non-hydrogen) atoms. The number of hydrogen-bond donors (Lipinski definition) is 2. The van der Waals surface area contributed by atoms with Gasteiger partial charge in [0.1, 0.15) is 5.82 Å². The smallest absolute Gasteiger partial charge is 0.132 e. The lowest BCUT2D eigenvalue weighted by molar-refractivity contribution is 1.35. The Kier molecular flexibility index (Phi) is 2.83. The zero-order valence-electron chi connectivity index (χ0n) is 11.6. The summed E-state index contributed by atoms with van der Waals surface area (Å²) in [6, 6.07) is 14.0. The van der Waals surface area contributed by atoms with Crippen molar-refractivity contribution < 1.29 is 0 Å². The first-order chi connectivity index (χ1) is 9.58. The number of benzene rings is 2. The van der Waals surface area contributed by atoms with Crippen LogP contribution in [0.3, 0.4) is 0 Å². The van der Waals surface area contributed by atoms with E-state index in [2.05, 4.69) is 31.0 Å². The van der Waals surface area contributed by atoms with Crippen LogP contribution in [0.25, 0.3) is 22.0 Å². The van der Waals surface area contributed by atoms with Gasteiger partial charge in [0, 0.05) is 16.6 Å². The zero-order chi connectivity index (χ0) is 14.3. The van der Waals surface area contributed by atoms with Crippen molar-refractivity contribution in [2.75, 3.05) is 11.5 Å². The van der Waals surface area contributed by atoms with Crippen LogP contribution in [0.5, 0.6) is 0 Å². The molecule has 0 unspecified atom stereocenters. The number of nitrogens with zero attached hydrogens (tertiary/aromatic N) is 1. The molecular formula is C17H17N3. The van der Waals surface area contributed by atoms with Gasteiger partial charge < -0.3 is 11.5 Å². The molecule has 3 rings (SSSR count). The minimum absolute atomic E-state index is 0.547. The molecule has 1 heterocycles. The molecule has 0 saturated carbocycles. The summed E-state index contributed by atoms with van der Waals surface area (Å²) in [6.07, 6.45) is 0. The number of anilines is 2. The highest BCUT2D eigenvalue weighted by molar-refractivity contribution is 5.96. The van der Waals surface area contributed by atoms with Crippen molar-refractivity contribution in [3.8, 4) is 11.1 Å². The van der Waals surface area contributed by atoms with E-state index in [1.54, 1.807) is 0 Å². The second kappa shape index (κ2) is 4.53. The maximum absolute atomic E-state index is 6.17. The molecule has 0 bridgehead atoms. The van der Waals surface area contributed by atoms with E-state index in [1.165, 1.54) is 0 Å². The van der Waals surface area contributed by atoms with Crippen LogP contribution in [0, 0.1) is 13.8 Å². The lowest BCUT2D eigenvalue weighted by Gasteiger charge is -2.14. The van der Waals surface area contributed by atoms with E-state index in [0.29, 0.717) is 11.5 Å². The lowest BCUT2D eigenvalue weighted by Crippen LogP contribution is -2.00. The first kappa shape index (κ1) is 12.5. The van der Waals surface area contributed by atoms with E-state index in [1.807, 2.05) is 30.3 Å². The van der Waals surface area contributed by atoms with Gasteiger partial charge in [-0.2, -0.15) is 0 Å². The number of nitrogens with two attached hydrogens (primary N) is 2. The molecule has 0 fully saturated rings. The summed E-state index contributed by atoms with van der Waals surface area (Å²) in [4.78, 5) is 4.53. The fourth-order valence-electron chi connectivity index (χ4n) is 2.84. The number of hydrogen-bond acceptors (Lipinski definition) is 3. The molecule has 0 amide bonds. The Labute approximate surface area is 118 Å². The van der Waals surface area contributed by atoms with Crippen LogP contribution in [-0.4, -0.2) is 4.98 Å². The fraction of sp³-hybridized carbons (Fsp3) is 0.118. The van der Waals surface area contributed by atoms with E-state index in [-0.39, 0.29) is 0 Å². The zero-order valence-corrected chi connectivity index (χ0v) is 11.6. The number of fused-ring (bicyclic) bond motifs is 1. The topological polar surface area (TPSA) is 64.9 Å². The molecule has 4 N–H and O–H groups in total. The second-order valence-electron chi connectivity index (χ2n) is 5.09. The molecule has 0 aliphatic carbocycles. The molecule has 3 aromatic rings. The molecule has 0 saturated heterocycles. The van der Waals surface area contributed by atoms with Crippen molar-refractivity contribution in [1.82, 2.24) is 4.98 Å². The summed E-state index contributed by atoms with van der Waals surface area (Å²) in [5.74, 6) is 0.547. The largest absolute Gasteiger partial charge is 0.399 e. The predicted molar refractivity (Wildman–Crippen MR) is 85.5 cm³/mol. The molecule has 0 spiro atoms. The Morgan fingerprint density at radius 2 is 1.65 bits per heavy atom. The van der Waals surface area contributed by atoms with E-state index in [9.17, 15) is 0 Å². The van der Waals surface area contributed by atoms with Crippen molar-refractivity contribution in [1.29, 1.82) is 0 Å². The molecule has 0 atom stereocenters. The van der Waals surface area contributed by atoms with E-state index in [4.69, 9.17) is 11.5 Å². The van der Waals surface area contributed by atoms with Crippen molar-refractivity contribution in [3.05, 3.63) is 53.6 Å². The highest BCUT2D eigenvalue weighted by atomic mass is 14.8. The quantitative estimate of drug-likeness (QED) is 0.658.